The van der Waals surface area contributed by atoms with Crippen LogP contribution in [0.2, 0.25) is 0 Å². The van der Waals surface area contributed by atoms with Gasteiger partial charge in [0.2, 0.25) is 0 Å². The summed E-state index contributed by atoms with van der Waals surface area (Å²) in [4.78, 5) is 12.2. The normalized spacial score (nSPS) is 17.2. The molecule has 0 unspecified atom stereocenters. The van der Waals surface area contributed by atoms with Crippen LogP contribution in [-0.2, 0) is 0 Å². The summed E-state index contributed by atoms with van der Waals surface area (Å²) in [6, 6.07) is 4.08. The van der Waals surface area contributed by atoms with E-state index in [1.54, 1.807) is 0 Å². The van der Waals surface area contributed by atoms with Crippen molar-refractivity contribution in [3.8, 4) is 5.75 Å². The zero-order chi connectivity index (χ0) is 13.9. The molecular formula is C14H17ClFNO2. The van der Waals surface area contributed by atoms with Gasteiger partial charge in [-0.2, -0.15) is 0 Å². The molecule has 1 N–H and O–H groups in total. The summed E-state index contributed by atoms with van der Waals surface area (Å²) in [7, 11) is 1.37. The van der Waals surface area contributed by atoms with Crippen molar-refractivity contribution in [2.45, 2.75) is 31.2 Å². The van der Waals surface area contributed by atoms with Crippen molar-refractivity contribution in [2.24, 2.45) is 0 Å². The fourth-order valence-electron chi connectivity index (χ4n) is 2.46. The maximum Gasteiger partial charge on any atom is 0.251 e. The van der Waals surface area contributed by atoms with E-state index in [4.69, 9.17) is 16.3 Å². The van der Waals surface area contributed by atoms with Crippen molar-refractivity contribution >= 4 is 17.5 Å². The highest BCUT2D eigenvalue weighted by atomic mass is 35.5. The van der Waals surface area contributed by atoms with Gasteiger partial charge in [-0.25, -0.2) is 4.39 Å². The smallest absolute Gasteiger partial charge is 0.251 e. The average Bonchev–Trinajstić information content (AvgIpc) is 2.88. The Bertz CT molecular complexity index is 473. The SMILES string of the molecule is COc1cc(C(=O)NC2(CCl)CCCC2)ccc1F. The summed E-state index contributed by atoms with van der Waals surface area (Å²) in [5.74, 6) is -0.247. The number of hydrogen-bond donors (Lipinski definition) is 1. The van der Waals surface area contributed by atoms with Crippen molar-refractivity contribution in [3.63, 3.8) is 0 Å². The summed E-state index contributed by atoms with van der Waals surface area (Å²) in [6.45, 7) is 0. The van der Waals surface area contributed by atoms with Crippen LogP contribution in [0.3, 0.4) is 0 Å². The van der Waals surface area contributed by atoms with Gasteiger partial charge in [0.05, 0.1) is 12.6 Å². The Balaban J connectivity index is 2.15. The number of halogens is 2. The number of hydrogen-bond acceptors (Lipinski definition) is 2. The molecule has 0 aromatic heterocycles. The van der Waals surface area contributed by atoms with Gasteiger partial charge in [0, 0.05) is 11.4 Å². The molecule has 0 radical (unpaired) electrons. The molecule has 1 saturated carbocycles. The molecule has 104 valence electrons. The van der Waals surface area contributed by atoms with Crippen LogP contribution >= 0.6 is 11.6 Å². The van der Waals surface area contributed by atoms with Crippen LogP contribution in [0.4, 0.5) is 4.39 Å². The van der Waals surface area contributed by atoms with Gasteiger partial charge in [-0.05, 0) is 31.0 Å². The predicted octanol–water partition coefficient (Wildman–Crippen LogP) is 3.12. The standard InChI is InChI=1S/C14H17ClFNO2/c1-19-12-8-10(4-5-11(12)16)13(18)17-14(9-15)6-2-3-7-14/h4-5,8H,2-3,6-7,9H2,1H3,(H,17,18). The van der Waals surface area contributed by atoms with Gasteiger partial charge in [0.1, 0.15) is 0 Å². The number of methoxy groups -OCH3 is 1. The zero-order valence-corrected chi connectivity index (χ0v) is 11.6. The fourth-order valence-corrected chi connectivity index (χ4v) is 2.79. The van der Waals surface area contributed by atoms with E-state index in [1.807, 2.05) is 0 Å². The van der Waals surface area contributed by atoms with Crippen LogP contribution in [0.15, 0.2) is 18.2 Å². The van der Waals surface area contributed by atoms with Gasteiger partial charge in [-0.1, -0.05) is 12.8 Å². The van der Waals surface area contributed by atoms with E-state index in [1.165, 1.54) is 25.3 Å². The molecule has 0 atom stereocenters. The third-order valence-corrected chi connectivity index (χ3v) is 4.12. The second-order valence-electron chi connectivity index (χ2n) is 4.92. The highest BCUT2D eigenvalue weighted by molar-refractivity contribution is 6.19. The molecule has 0 saturated heterocycles. The molecule has 1 aliphatic rings. The van der Waals surface area contributed by atoms with Crippen LogP contribution in [0, 0.1) is 5.82 Å². The monoisotopic (exact) mass is 285 g/mol. The number of carbonyl (C=O) groups excluding carboxylic acids is 1. The van der Waals surface area contributed by atoms with E-state index in [-0.39, 0.29) is 17.2 Å². The molecule has 5 heteroatoms. The van der Waals surface area contributed by atoms with Crippen LogP contribution in [0.25, 0.3) is 0 Å². The Morgan fingerprint density at radius 2 is 2.16 bits per heavy atom. The van der Waals surface area contributed by atoms with Crippen LogP contribution in [0.1, 0.15) is 36.0 Å². The van der Waals surface area contributed by atoms with Crippen LogP contribution in [0.5, 0.6) is 5.75 Å². The van der Waals surface area contributed by atoms with Crippen molar-refractivity contribution < 1.29 is 13.9 Å². The minimum Gasteiger partial charge on any atom is -0.494 e. The molecule has 1 aromatic carbocycles. The second-order valence-corrected chi connectivity index (χ2v) is 5.19. The van der Waals surface area contributed by atoms with E-state index >= 15 is 0 Å². The Labute approximate surface area is 117 Å². The Morgan fingerprint density at radius 3 is 2.74 bits per heavy atom. The predicted molar refractivity (Wildman–Crippen MR) is 72.3 cm³/mol. The lowest BCUT2D eigenvalue weighted by molar-refractivity contribution is 0.0909. The quantitative estimate of drug-likeness (QED) is 0.863. The van der Waals surface area contributed by atoms with Crippen molar-refractivity contribution in [1.29, 1.82) is 0 Å². The van der Waals surface area contributed by atoms with E-state index in [0.717, 1.165) is 25.7 Å². The first kappa shape index (κ1) is 14.1. The Morgan fingerprint density at radius 1 is 1.47 bits per heavy atom. The number of alkyl halides is 1. The number of rotatable bonds is 4. The summed E-state index contributed by atoms with van der Waals surface area (Å²) in [5.41, 5.74) is 0.0647. The molecule has 0 heterocycles. The average molecular weight is 286 g/mol. The fraction of sp³-hybridized carbons (Fsp3) is 0.500. The number of nitrogens with one attached hydrogen (secondary N) is 1. The van der Waals surface area contributed by atoms with Gasteiger partial charge in [-0.3, -0.25) is 4.79 Å². The molecule has 19 heavy (non-hydrogen) atoms. The lowest BCUT2D eigenvalue weighted by Crippen LogP contribution is -2.47. The first-order chi connectivity index (χ1) is 9.10. The maximum atomic E-state index is 13.3. The van der Waals surface area contributed by atoms with Crippen LogP contribution in [-0.4, -0.2) is 24.4 Å². The highest BCUT2D eigenvalue weighted by Crippen LogP contribution is 2.31. The Kier molecular flexibility index (Phi) is 4.30. The molecule has 1 aliphatic carbocycles. The van der Waals surface area contributed by atoms with E-state index in [2.05, 4.69) is 5.32 Å². The van der Waals surface area contributed by atoms with E-state index in [9.17, 15) is 9.18 Å². The lowest BCUT2D eigenvalue weighted by Gasteiger charge is -2.27. The third-order valence-electron chi connectivity index (χ3n) is 3.61. The minimum atomic E-state index is -0.480. The van der Waals surface area contributed by atoms with Crippen molar-refractivity contribution in [3.05, 3.63) is 29.6 Å². The molecule has 1 amide bonds. The zero-order valence-electron chi connectivity index (χ0n) is 10.8. The maximum absolute atomic E-state index is 13.3. The van der Waals surface area contributed by atoms with Gasteiger partial charge in [-0.15, -0.1) is 11.6 Å². The topological polar surface area (TPSA) is 38.3 Å². The van der Waals surface area contributed by atoms with Crippen LogP contribution < -0.4 is 10.1 Å². The number of amides is 1. The van der Waals surface area contributed by atoms with E-state index < -0.39 is 5.82 Å². The summed E-state index contributed by atoms with van der Waals surface area (Å²) >= 11 is 5.98. The molecular weight excluding hydrogens is 269 g/mol. The molecule has 0 spiro atoms. The minimum absolute atomic E-state index is 0.0685. The molecule has 0 bridgehead atoms. The first-order valence-corrected chi connectivity index (χ1v) is 6.86. The van der Waals surface area contributed by atoms with Crippen molar-refractivity contribution in [1.82, 2.24) is 5.32 Å². The number of benzene rings is 1. The lowest BCUT2D eigenvalue weighted by atomic mass is 9.99. The van der Waals surface area contributed by atoms with E-state index in [0.29, 0.717) is 11.4 Å². The third kappa shape index (κ3) is 3.00. The van der Waals surface area contributed by atoms with Crippen molar-refractivity contribution in [2.75, 3.05) is 13.0 Å². The Hall–Kier alpha value is -1.29. The van der Waals surface area contributed by atoms with Gasteiger partial charge >= 0.3 is 0 Å². The highest BCUT2D eigenvalue weighted by Gasteiger charge is 2.34. The summed E-state index contributed by atoms with van der Waals surface area (Å²) in [6.07, 6.45) is 3.92. The molecule has 0 aliphatic heterocycles. The largest absolute Gasteiger partial charge is 0.494 e. The summed E-state index contributed by atoms with van der Waals surface area (Å²) in [5, 5.41) is 2.98. The molecule has 1 fully saturated rings. The van der Waals surface area contributed by atoms with Gasteiger partial charge in [0.15, 0.2) is 11.6 Å². The summed E-state index contributed by atoms with van der Waals surface area (Å²) < 4.78 is 18.2. The molecule has 2 rings (SSSR count). The number of carbonyl (C=O) groups is 1. The first-order valence-electron chi connectivity index (χ1n) is 6.32. The second kappa shape index (κ2) is 5.78. The van der Waals surface area contributed by atoms with Gasteiger partial charge < -0.3 is 10.1 Å². The number of ether oxygens (including phenoxy) is 1. The molecule has 3 nitrogen and oxygen atoms in total. The van der Waals surface area contributed by atoms with Gasteiger partial charge in [0.25, 0.3) is 5.91 Å². The molecule has 1 aromatic rings.